The Morgan fingerprint density at radius 2 is 1.88 bits per heavy atom. The maximum atomic E-state index is 15.3. The molecule has 0 amide bonds. The van der Waals surface area contributed by atoms with Crippen LogP contribution >= 0.6 is 0 Å². The molecule has 6 rings (SSSR count). The lowest BCUT2D eigenvalue weighted by atomic mass is 9.80. The number of hydrogen-bond acceptors (Lipinski definition) is 7. The van der Waals surface area contributed by atoms with Gasteiger partial charge in [-0.05, 0) is 45.2 Å². The predicted molar refractivity (Wildman–Crippen MR) is 146 cm³/mol. The molecule has 2 aliphatic heterocycles. The minimum Gasteiger partial charge on any atom is -0.466 e. The molecule has 2 aromatic heterocycles. The zero-order valence-electron chi connectivity index (χ0n) is 22.8. The fourth-order valence-electron chi connectivity index (χ4n) is 5.89. The third kappa shape index (κ3) is 4.98. The average Bonchev–Trinajstić information content (AvgIpc) is 3.52. The van der Waals surface area contributed by atoms with Crippen molar-refractivity contribution in [1.82, 2.24) is 19.5 Å². The Morgan fingerprint density at radius 3 is 2.59 bits per heavy atom. The summed E-state index contributed by atoms with van der Waals surface area (Å²) in [4.78, 5) is 28.0. The molecular formula is C30H30F3N5O3. The topological polar surface area (TPSA) is 82.4 Å². The second kappa shape index (κ2) is 10.7. The van der Waals surface area contributed by atoms with Gasteiger partial charge in [0.1, 0.15) is 17.4 Å². The van der Waals surface area contributed by atoms with Crippen molar-refractivity contribution < 1.29 is 27.4 Å². The molecular weight excluding hydrogens is 535 g/mol. The summed E-state index contributed by atoms with van der Waals surface area (Å²) in [6.45, 7) is 2.36. The monoisotopic (exact) mass is 565 g/mol. The third-order valence-electron chi connectivity index (χ3n) is 8.17. The molecule has 4 heterocycles. The van der Waals surface area contributed by atoms with Gasteiger partial charge in [0.05, 0.1) is 29.1 Å². The van der Waals surface area contributed by atoms with E-state index in [1.54, 1.807) is 43.6 Å². The summed E-state index contributed by atoms with van der Waals surface area (Å²) in [7, 11) is 0. The van der Waals surface area contributed by atoms with Crippen molar-refractivity contribution in [2.75, 3.05) is 24.6 Å². The Bertz CT molecular complexity index is 1580. The van der Waals surface area contributed by atoms with Crippen LogP contribution in [-0.2, 0) is 16.0 Å². The highest BCUT2D eigenvalue weighted by molar-refractivity contribution is 5.83. The number of fused-ring (bicyclic) bond motifs is 3. The van der Waals surface area contributed by atoms with Gasteiger partial charge in [-0.2, -0.15) is 8.78 Å². The van der Waals surface area contributed by atoms with E-state index in [-0.39, 0.29) is 17.8 Å². The second-order valence-corrected chi connectivity index (χ2v) is 10.7. The van der Waals surface area contributed by atoms with Crippen LogP contribution in [0.3, 0.4) is 0 Å². The van der Waals surface area contributed by atoms with E-state index in [2.05, 4.69) is 15.0 Å². The quantitative estimate of drug-likeness (QED) is 0.257. The first-order valence-corrected chi connectivity index (χ1v) is 13.8. The van der Waals surface area contributed by atoms with E-state index >= 15 is 4.39 Å². The van der Waals surface area contributed by atoms with Crippen LogP contribution in [0.2, 0.25) is 0 Å². The summed E-state index contributed by atoms with van der Waals surface area (Å²) in [5.41, 5.74) is 2.12. The molecule has 2 aliphatic rings. The van der Waals surface area contributed by atoms with Crippen LogP contribution in [0.15, 0.2) is 48.8 Å². The molecule has 0 N–H and O–H groups in total. The summed E-state index contributed by atoms with van der Waals surface area (Å²) < 4.78 is 53.5. The first-order chi connectivity index (χ1) is 19.8. The standard InChI is InChI=1S/C30H30F3N5O3/c1-3-40-27(39)30(2)10-12-37(13-11-30)29-34-16-18(17-35-29)20-14-24-22(15-21(20)31)36-26-9-8-23(38(24)26)19-6-4-5-7-25(19)41-28(32)33/h4-7,14-17,23,28H,3,8-13H2,1-2H3. The van der Waals surface area contributed by atoms with E-state index in [4.69, 9.17) is 9.47 Å². The van der Waals surface area contributed by atoms with Crippen LogP contribution in [0.25, 0.3) is 22.2 Å². The molecule has 0 aliphatic carbocycles. The number of anilines is 1. The average molecular weight is 566 g/mol. The van der Waals surface area contributed by atoms with Crippen molar-refractivity contribution in [3.8, 4) is 16.9 Å². The Balaban J connectivity index is 1.27. The molecule has 214 valence electrons. The molecule has 1 atom stereocenters. The third-order valence-corrected chi connectivity index (χ3v) is 8.17. The summed E-state index contributed by atoms with van der Waals surface area (Å²) in [5, 5.41) is 0. The number of nitrogens with zero attached hydrogens (tertiary/aromatic N) is 5. The number of esters is 1. The minimum absolute atomic E-state index is 0.119. The first kappa shape index (κ1) is 27.0. The van der Waals surface area contributed by atoms with Gasteiger partial charge < -0.3 is 18.9 Å². The number of hydrogen-bond donors (Lipinski definition) is 0. The Labute approximate surface area is 235 Å². The van der Waals surface area contributed by atoms with Crippen molar-refractivity contribution >= 4 is 23.0 Å². The fourth-order valence-corrected chi connectivity index (χ4v) is 5.89. The number of rotatable bonds is 7. The highest BCUT2D eigenvalue weighted by atomic mass is 19.3. The summed E-state index contributed by atoms with van der Waals surface area (Å²) in [6.07, 6.45) is 5.73. The zero-order chi connectivity index (χ0) is 28.7. The van der Waals surface area contributed by atoms with Gasteiger partial charge in [-0.3, -0.25) is 4.79 Å². The number of benzene rings is 2. The number of halogens is 3. The SMILES string of the molecule is CCOC(=O)C1(C)CCN(c2ncc(-c3cc4c(cc3F)nc3n4C(c4ccccc4OC(F)F)CC3)cn2)CC1. The molecule has 1 fully saturated rings. The van der Waals surface area contributed by atoms with Gasteiger partial charge in [-0.25, -0.2) is 19.3 Å². The number of carbonyl (C=O) groups excluding carboxylic acids is 1. The number of aryl methyl sites for hydroxylation is 1. The number of aromatic nitrogens is 4. The van der Waals surface area contributed by atoms with Crippen molar-refractivity contribution in [2.45, 2.75) is 52.2 Å². The Kier molecular flexibility index (Phi) is 7.04. The van der Waals surface area contributed by atoms with E-state index in [9.17, 15) is 13.6 Å². The van der Waals surface area contributed by atoms with Gasteiger partial charge in [-0.1, -0.05) is 18.2 Å². The largest absolute Gasteiger partial charge is 0.466 e. The van der Waals surface area contributed by atoms with Gasteiger partial charge in [0.2, 0.25) is 5.95 Å². The number of imidazole rings is 1. The van der Waals surface area contributed by atoms with Crippen LogP contribution in [-0.4, -0.2) is 51.8 Å². The number of para-hydroxylation sites is 1. The Morgan fingerprint density at radius 1 is 1.15 bits per heavy atom. The number of alkyl halides is 2. The van der Waals surface area contributed by atoms with E-state index in [1.807, 2.05) is 16.4 Å². The predicted octanol–water partition coefficient (Wildman–Crippen LogP) is 5.94. The van der Waals surface area contributed by atoms with Crippen molar-refractivity contribution in [1.29, 1.82) is 0 Å². The van der Waals surface area contributed by atoms with E-state index < -0.39 is 17.8 Å². The van der Waals surface area contributed by atoms with Crippen molar-refractivity contribution in [3.05, 3.63) is 66.0 Å². The maximum absolute atomic E-state index is 15.3. The fraction of sp³-hybridized carbons (Fsp3) is 0.400. The molecule has 1 saturated heterocycles. The van der Waals surface area contributed by atoms with Crippen LogP contribution < -0.4 is 9.64 Å². The lowest BCUT2D eigenvalue weighted by Crippen LogP contribution is -2.44. The molecule has 11 heteroatoms. The van der Waals surface area contributed by atoms with Crippen molar-refractivity contribution in [2.24, 2.45) is 5.41 Å². The molecule has 0 bridgehead atoms. The summed E-state index contributed by atoms with van der Waals surface area (Å²) in [6, 6.07) is 9.58. The van der Waals surface area contributed by atoms with E-state index in [0.717, 1.165) is 5.82 Å². The number of ether oxygens (including phenoxy) is 2. The minimum atomic E-state index is -2.94. The van der Waals surface area contributed by atoms with Gasteiger partial charge in [-0.15, -0.1) is 0 Å². The van der Waals surface area contributed by atoms with Gasteiger partial charge >= 0.3 is 12.6 Å². The molecule has 2 aromatic carbocycles. The maximum Gasteiger partial charge on any atom is 0.387 e. The lowest BCUT2D eigenvalue weighted by molar-refractivity contribution is -0.155. The van der Waals surface area contributed by atoms with Crippen LogP contribution in [0.4, 0.5) is 19.1 Å². The lowest BCUT2D eigenvalue weighted by Gasteiger charge is -2.37. The highest BCUT2D eigenvalue weighted by Gasteiger charge is 2.39. The van der Waals surface area contributed by atoms with Crippen LogP contribution in [0.5, 0.6) is 5.75 Å². The Hall–Kier alpha value is -4.15. The van der Waals surface area contributed by atoms with E-state index in [0.29, 0.717) is 79.1 Å². The molecule has 4 aromatic rings. The van der Waals surface area contributed by atoms with Gasteiger partial charge in [0.25, 0.3) is 0 Å². The molecule has 0 radical (unpaired) electrons. The highest BCUT2D eigenvalue weighted by Crippen LogP contribution is 2.41. The molecule has 1 unspecified atom stereocenters. The van der Waals surface area contributed by atoms with Crippen LogP contribution in [0.1, 0.15) is 50.5 Å². The first-order valence-electron chi connectivity index (χ1n) is 13.8. The normalized spacial score (nSPS) is 18.1. The number of piperidine rings is 1. The second-order valence-electron chi connectivity index (χ2n) is 10.7. The number of carbonyl (C=O) groups is 1. The summed E-state index contributed by atoms with van der Waals surface area (Å²) in [5.74, 6) is 0.767. The zero-order valence-corrected chi connectivity index (χ0v) is 22.8. The van der Waals surface area contributed by atoms with Gasteiger partial charge in [0.15, 0.2) is 0 Å². The molecule has 41 heavy (non-hydrogen) atoms. The molecule has 0 saturated carbocycles. The molecule has 0 spiro atoms. The van der Waals surface area contributed by atoms with E-state index in [1.165, 1.54) is 12.1 Å². The van der Waals surface area contributed by atoms with Gasteiger partial charge in [0, 0.05) is 54.7 Å². The van der Waals surface area contributed by atoms with Crippen molar-refractivity contribution in [3.63, 3.8) is 0 Å². The smallest absolute Gasteiger partial charge is 0.387 e. The molecule has 8 nitrogen and oxygen atoms in total. The summed E-state index contributed by atoms with van der Waals surface area (Å²) >= 11 is 0. The van der Waals surface area contributed by atoms with Crippen LogP contribution in [0, 0.1) is 11.2 Å².